The maximum absolute atomic E-state index is 13.5. The number of hydrogen-bond donors (Lipinski definition) is 7. The van der Waals surface area contributed by atoms with Crippen LogP contribution in [0, 0.1) is 5.82 Å². The van der Waals surface area contributed by atoms with Crippen molar-refractivity contribution in [1.29, 1.82) is 0 Å². The number of aromatic amines is 1. The summed E-state index contributed by atoms with van der Waals surface area (Å²) in [4.78, 5) is 84.3. The summed E-state index contributed by atoms with van der Waals surface area (Å²) in [5.41, 5.74) is 2.72. The molecule has 1 heterocycles. The second-order valence-electron chi connectivity index (χ2n) is 7.37. The zero-order valence-electron chi connectivity index (χ0n) is 18.7. The minimum atomic E-state index is -2.10. The summed E-state index contributed by atoms with van der Waals surface area (Å²) in [5, 5.41) is 18.1. The van der Waals surface area contributed by atoms with Gasteiger partial charge in [0.15, 0.2) is 0 Å². The number of halogens is 1. The standard InChI is InChI=1S/C18H26FN7O8/c1-6(20)12(27)21-7(2)13(28)22-8(3)14(29)23-9(4)15(30)24-11(17(32)33)26-5-10(19)16(31)25-18(26)34/h5-9,11H,20H2,1-4H3,(H,21,27)(H,22,28)(H,23,29)(H,24,30)(H,32,33)(H,25,31,34)/t6-,7-,8-,9-,11?/m0/s1. The lowest BCUT2D eigenvalue weighted by Crippen LogP contribution is -2.56. The molecule has 188 valence electrons. The number of hydrogen-bond acceptors (Lipinski definition) is 8. The first kappa shape index (κ1) is 28.0. The normalized spacial score (nSPS) is 15.1. The van der Waals surface area contributed by atoms with Gasteiger partial charge < -0.3 is 32.1 Å². The molecule has 0 radical (unpaired) electrons. The van der Waals surface area contributed by atoms with E-state index in [0.29, 0.717) is 6.20 Å². The van der Waals surface area contributed by atoms with Crippen LogP contribution in [0.15, 0.2) is 15.8 Å². The van der Waals surface area contributed by atoms with Gasteiger partial charge in [-0.25, -0.2) is 9.59 Å². The summed E-state index contributed by atoms with van der Waals surface area (Å²) in [7, 11) is 0. The average Bonchev–Trinajstić information content (AvgIpc) is 2.73. The van der Waals surface area contributed by atoms with Gasteiger partial charge in [0, 0.05) is 0 Å². The van der Waals surface area contributed by atoms with Crippen molar-refractivity contribution in [3.05, 3.63) is 32.9 Å². The van der Waals surface area contributed by atoms with Crippen LogP contribution in [-0.4, -0.2) is 68.4 Å². The van der Waals surface area contributed by atoms with E-state index in [2.05, 4.69) is 16.0 Å². The van der Waals surface area contributed by atoms with Gasteiger partial charge in [0.2, 0.25) is 35.6 Å². The maximum Gasteiger partial charge on any atom is 0.347 e. The first-order chi connectivity index (χ1) is 15.6. The number of aliphatic carboxylic acids is 1. The SMILES string of the molecule is C[C@H](N)C(=O)N[C@@H](C)C(=O)N[C@@H](C)C(=O)N[C@@H](C)C(=O)NC(C(=O)O)n1cc(F)c(=O)[nH]c1=O. The van der Waals surface area contributed by atoms with Crippen LogP contribution >= 0.6 is 0 Å². The third kappa shape index (κ3) is 7.51. The van der Waals surface area contributed by atoms with Gasteiger partial charge in [-0.15, -0.1) is 0 Å². The van der Waals surface area contributed by atoms with Crippen LogP contribution in [0.4, 0.5) is 4.39 Å². The summed E-state index contributed by atoms with van der Waals surface area (Å²) >= 11 is 0. The fourth-order valence-corrected chi connectivity index (χ4v) is 2.38. The zero-order chi connectivity index (χ0) is 26.3. The molecular weight excluding hydrogens is 461 g/mol. The smallest absolute Gasteiger partial charge is 0.347 e. The van der Waals surface area contributed by atoms with Gasteiger partial charge in [0.25, 0.3) is 5.56 Å². The summed E-state index contributed by atoms with van der Waals surface area (Å²) in [6.45, 7) is 5.26. The predicted octanol–water partition coefficient (Wildman–Crippen LogP) is -3.76. The van der Waals surface area contributed by atoms with Gasteiger partial charge in [-0.2, -0.15) is 4.39 Å². The number of aromatic nitrogens is 2. The number of rotatable bonds is 10. The molecule has 1 aromatic rings. The molecule has 34 heavy (non-hydrogen) atoms. The molecule has 1 unspecified atom stereocenters. The lowest BCUT2D eigenvalue weighted by Gasteiger charge is -2.22. The molecule has 15 nitrogen and oxygen atoms in total. The van der Waals surface area contributed by atoms with E-state index in [1.54, 1.807) is 4.98 Å². The third-order valence-corrected chi connectivity index (χ3v) is 4.39. The Morgan fingerprint density at radius 3 is 1.71 bits per heavy atom. The second-order valence-corrected chi connectivity index (χ2v) is 7.37. The van der Waals surface area contributed by atoms with Crippen LogP contribution < -0.4 is 38.2 Å². The lowest BCUT2D eigenvalue weighted by molar-refractivity contribution is -0.145. The topological polar surface area (TPSA) is 235 Å². The molecule has 4 amide bonds. The van der Waals surface area contributed by atoms with Crippen LogP contribution in [0.3, 0.4) is 0 Å². The molecule has 0 aromatic carbocycles. The van der Waals surface area contributed by atoms with E-state index in [0.717, 1.165) is 0 Å². The van der Waals surface area contributed by atoms with Crippen molar-refractivity contribution in [1.82, 2.24) is 30.8 Å². The lowest BCUT2D eigenvalue weighted by atomic mass is 10.2. The minimum absolute atomic E-state index is 0.242. The minimum Gasteiger partial charge on any atom is -0.478 e. The second kappa shape index (κ2) is 11.7. The van der Waals surface area contributed by atoms with Gasteiger partial charge >= 0.3 is 11.7 Å². The Balaban J connectivity index is 2.79. The number of carbonyl (C=O) groups excluding carboxylic acids is 4. The molecule has 16 heteroatoms. The maximum atomic E-state index is 13.5. The Bertz CT molecular complexity index is 1080. The van der Waals surface area contributed by atoms with Gasteiger partial charge in [-0.05, 0) is 27.7 Å². The van der Waals surface area contributed by atoms with Crippen LogP contribution in [0.5, 0.6) is 0 Å². The largest absolute Gasteiger partial charge is 0.478 e. The van der Waals surface area contributed by atoms with E-state index in [1.165, 1.54) is 27.7 Å². The number of nitrogens with two attached hydrogens (primary N) is 1. The van der Waals surface area contributed by atoms with E-state index >= 15 is 0 Å². The molecule has 8 N–H and O–H groups in total. The quantitative estimate of drug-likeness (QED) is 0.171. The monoisotopic (exact) mass is 487 g/mol. The van der Waals surface area contributed by atoms with Crippen LogP contribution in [0.1, 0.15) is 33.9 Å². The molecule has 0 fully saturated rings. The highest BCUT2D eigenvalue weighted by atomic mass is 19.1. The molecule has 1 aromatic heterocycles. The number of carboxylic acids is 1. The highest BCUT2D eigenvalue weighted by molar-refractivity contribution is 5.94. The molecule has 0 bridgehead atoms. The Morgan fingerprint density at radius 2 is 1.29 bits per heavy atom. The van der Waals surface area contributed by atoms with Crippen molar-refractivity contribution in [2.24, 2.45) is 5.73 Å². The van der Waals surface area contributed by atoms with Gasteiger partial charge in [-0.1, -0.05) is 0 Å². The molecular formula is C18H26FN7O8. The molecule has 0 aliphatic heterocycles. The van der Waals surface area contributed by atoms with E-state index in [1.807, 2.05) is 5.32 Å². The first-order valence-corrected chi connectivity index (χ1v) is 9.86. The zero-order valence-corrected chi connectivity index (χ0v) is 18.7. The van der Waals surface area contributed by atoms with E-state index in [-0.39, 0.29) is 4.57 Å². The van der Waals surface area contributed by atoms with Gasteiger partial charge in [0.05, 0.1) is 12.2 Å². The third-order valence-electron chi connectivity index (χ3n) is 4.39. The first-order valence-electron chi connectivity index (χ1n) is 9.86. The number of H-pyrrole nitrogens is 1. The Labute approximate surface area is 191 Å². The van der Waals surface area contributed by atoms with Crippen molar-refractivity contribution in [2.45, 2.75) is 58.0 Å². The highest BCUT2D eigenvalue weighted by Crippen LogP contribution is 2.01. The summed E-state index contributed by atoms with van der Waals surface area (Å²) < 4.78 is 13.7. The predicted molar refractivity (Wildman–Crippen MR) is 113 cm³/mol. The Kier molecular flexibility index (Phi) is 9.61. The fraction of sp³-hybridized carbons (Fsp3) is 0.500. The highest BCUT2D eigenvalue weighted by Gasteiger charge is 2.28. The molecule has 0 saturated carbocycles. The summed E-state index contributed by atoms with van der Waals surface area (Å²) in [6, 6.07) is -4.38. The Morgan fingerprint density at radius 1 is 0.882 bits per heavy atom. The van der Waals surface area contributed by atoms with E-state index in [9.17, 15) is 43.1 Å². The van der Waals surface area contributed by atoms with Gasteiger partial charge in [0.1, 0.15) is 18.1 Å². The van der Waals surface area contributed by atoms with Crippen molar-refractivity contribution < 1.29 is 33.5 Å². The van der Waals surface area contributed by atoms with Crippen molar-refractivity contribution in [3.8, 4) is 0 Å². The molecule has 0 aliphatic rings. The fourth-order valence-electron chi connectivity index (χ4n) is 2.38. The number of nitrogens with one attached hydrogen (secondary N) is 5. The van der Waals surface area contributed by atoms with Crippen molar-refractivity contribution in [3.63, 3.8) is 0 Å². The number of amides is 4. The molecule has 1 rings (SSSR count). The molecule has 5 atom stereocenters. The van der Waals surface area contributed by atoms with Crippen LogP contribution in [0.25, 0.3) is 0 Å². The molecule has 0 saturated heterocycles. The van der Waals surface area contributed by atoms with Crippen molar-refractivity contribution in [2.75, 3.05) is 0 Å². The average molecular weight is 487 g/mol. The van der Waals surface area contributed by atoms with Crippen LogP contribution in [-0.2, 0) is 24.0 Å². The van der Waals surface area contributed by atoms with E-state index < -0.39 is 77.0 Å². The number of nitrogens with zero attached hydrogens (tertiary/aromatic N) is 1. The summed E-state index contributed by atoms with van der Waals surface area (Å²) in [5.74, 6) is -6.42. The number of carbonyl (C=O) groups is 5. The molecule has 0 aliphatic carbocycles. The Hall–Kier alpha value is -4.08. The van der Waals surface area contributed by atoms with Crippen LogP contribution in [0.2, 0.25) is 0 Å². The number of carboxylic acid groups (broad SMARTS) is 1. The molecule has 0 spiro atoms. The van der Waals surface area contributed by atoms with Crippen molar-refractivity contribution >= 4 is 29.6 Å². The van der Waals surface area contributed by atoms with Gasteiger partial charge in [-0.3, -0.25) is 33.5 Å². The summed E-state index contributed by atoms with van der Waals surface area (Å²) in [6.07, 6.45) is -1.79. The van der Waals surface area contributed by atoms with E-state index in [4.69, 9.17) is 5.73 Å².